The monoisotopic (exact) mass is 542 g/mol. The van der Waals surface area contributed by atoms with Gasteiger partial charge in [-0.25, -0.2) is 0 Å². The molecule has 1 amide bonds. The van der Waals surface area contributed by atoms with E-state index in [9.17, 15) is 31.1 Å². The van der Waals surface area contributed by atoms with E-state index in [1.165, 1.54) is 4.90 Å². The summed E-state index contributed by atoms with van der Waals surface area (Å²) in [7, 11) is 0. The van der Waals surface area contributed by atoms with Crippen molar-refractivity contribution in [1.82, 2.24) is 10.2 Å². The predicted octanol–water partition coefficient (Wildman–Crippen LogP) is 6.09. The van der Waals surface area contributed by atoms with Crippen molar-refractivity contribution in [3.63, 3.8) is 0 Å². The molecule has 10 heteroatoms. The van der Waals surface area contributed by atoms with Crippen LogP contribution in [0.4, 0.5) is 26.3 Å². The number of alkyl halides is 6. The minimum Gasteiger partial charge on any atom is -0.381 e. The molecule has 38 heavy (non-hydrogen) atoms. The lowest BCUT2D eigenvalue weighted by molar-refractivity contribution is -0.145. The Labute approximate surface area is 218 Å². The average Bonchev–Trinajstić information content (AvgIpc) is 2.88. The molecule has 0 spiro atoms. The van der Waals surface area contributed by atoms with Crippen molar-refractivity contribution in [2.75, 3.05) is 32.8 Å². The average molecular weight is 543 g/mol. The van der Waals surface area contributed by atoms with Gasteiger partial charge in [-0.15, -0.1) is 0 Å². The highest BCUT2D eigenvalue weighted by Crippen LogP contribution is 2.39. The van der Waals surface area contributed by atoms with Crippen molar-refractivity contribution in [3.05, 3.63) is 70.8 Å². The highest BCUT2D eigenvalue weighted by Gasteiger charge is 2.43. The fourth-order valence-corrected chi connectivity index (χ4v) is 5.48. The largest absolute Gasteiger partial charge is 0.416 e. The summed E-state index contributed by atoms with van der Waals surface area (Å²) in [6.07, 6.45) is -7.04. The van der Waals surface area contributed by atoms with Crippen LogP contribution in [0.3, 0.4) is 0 Å². The summed E-state index contributed by atoms with van der Waals surface area (Å²) in [6.45, 7) is 2.15. The first-order valence-corrected chi connectivity index (χ1v) is 12.9. The number of nitrogens with zero attached hydrogens (tertiary/aromatic N) is 1. The Morgan fingerprint density at radius 3 is 2.03 bits per heavy atom. The van der Waals surface area contributed by atoms with E-state index in [0.29, 0.717) is 58.4 Å². The van der Waals surface area contributed by atoms with Gasteiger partial charge in [-0.05, 0) is 80.4 Å². The van der Waals surface area contributed by atoms with Gasteiger partial charge in [-0.3, -0.25) is 4.79 Å². The van der Waals surface area contributed by atoms with E-state index in [1.54, 1.807) is 0 Å². The van der Waals surface area contributed by atoms with Crippen LogP contribution in [0.5, 0.6) is 0 Å². The van der Waals surface area contributed by atoms with Crippen molar-refractivity contribution >= 4 is 5.91 Å². The van der Waals surface area contributed by atoms with Gasteiger partial charge in [0.25, 0.3) is 0 Å². The molecule has 2 fully saturated rings. The van der Waals surface area contributed by atoms with Crippen LogP contribution in [-0.4, -0.2) is 43.7 Å². The molecular weight excluding hydrogens is 510 g/mol. The van der Waals surface area contributed by atoms with Crippen molar-refractivity contribution in [2.24, 2.45) is 11.3 Å². The SMILES string of the molecule is O=C(N(Cc1cc(C(F)(F)F)cc(C(F)(F)F)c1)CC1CCOCC1)C1(Cc2ccccc2)CCNCC1. The van der Waals surface area contributed by atoms with Gasteiger partial charge in [-0.1, -0.05) is 30.3 Å². The molecule has 1 N–H and O–H groups in total. The van der Waals surface area contributed by atoms with Crippen LogP contribution in [-0.2, 0) is 34.8 Å². The zero-order chi connectivity index (χ0) is 27.4. The third kappa shape index (κ3) is 7.08. The van der Waals surface area contributed by atoms with Crippen LogP contribution >= 0.6 is 0 Å². The highest BCUT2D eigenvalue weighted by molar-refractivity contribution is 5.83. The third-order valence-electron chi connectivity index (χ3n) is 7.53. The van der Waals surface area contributed by atoms with Crippen LogP contribution in [0, 0.1) is 11.3 Å². The highest BCUT2D eigenvalue weighted by atomic mass is 19.4. The number of carbonyl (C=O) groups excluding carboxylic acids is 1. The summed E-state index contributed by atoms with van der Waals surface area (Å²) < 4.78 is 86.6. The molecule has 2 aromatic rings. The minimum atomic E-state index is -4.95. The number of nitrogens with one attached hydrogen (secondary N) is 1. The molecule has 2 saturated heterocycles. The Bertz CT molecular complexity index is 1040. The van der Waals surface area contributed by atoms with E-state index in [4.69, 9.17) is 4.74 Å². The van der Waals surface area contributed by atoms with E-state index in [1.807, 2.05) is 30.3 Å². The van der Waals surface area contributed by atoms with Gasteiger partial charge in [0.1, 0.15) is 0 Å². The molecule has 208 valence electrons. The number of halogens is 6. The number of amides is 1. The smallest absolute Gasteiger partial charge is 0.381 e. The summed E-state index contributed by atoms with van der Waals surface area (Å²) in [5.41, 5.74) is -2.77. The van der Waals surface area contributed by atoms with E-state index in [0.717, 1.165) is 17.7 Å². The van der Waals surface area contributed by atoms with Crippen LogP contribution in [0.1, 0.15) is 47.9 Å². The van der Waals surface area contributed by atoms with Crippen molar-refractivity contribution in [1.29, 1.82) is 0 Å². The van der Waals surface area contributed by atoms with Gasteiger partial charge in [0, 0.05) is 26.3 Å². The number of hydrogen-bond acceptors (Lipinski definition) is 3. The van der Waals surface area contributed by atoms with Crippen LogP contribution in [0.25, 0.3) is 0 Å². The Hall–Kier alpha value is -2.59. The van der Waals surface area contributed by atoms with Crippen molar-refractivity contribution < 1.29 is 35.9 Å². The number of ether oxygens (including phenoxy) is 1. The van der Waals surface area contributed by atoms with Gasteiger partial charge >= 0.3 is 12.4 Å². The Kier molecular flexibility index (Phi) is 8.72. The van der Waals surface area contributed by atoms with E-state index < -0.39 is 28.9 Å². The minimum absolute atomic E-state index is 0.0519. The second-order valence-electron chi connectivity index (χ2n) is 10.3. The maximum atomic E-state index is 14.3. The second kappa shape index (κ2) is 11.7. The van der Waals surface area contributed by atoms with Gasteiger partial charge in [0.05, 0.1) is 16.5 Å². The molecule has 0 bridgehead atoms. The molecule has 0 saturated carbocycles. The van der Waals surface area contributed by atoms with E-state index >= 15 is 0 Å². The quantitative estimate of drug-likeness (QED) is 0.431. The molecular formula is C28H32F6N2O2. The Morgan fingerprint density at radius 2 is 1.47 bits per heavy atom. The fraction of sp³-hybridized carbons (Fsp3) is 0.536. The van der Waals surface area contributed by atoms with Gasteiger partial charge in [-0.2, -0.15) is 26.3 Å². The molecule has 4 rings (SSSR count). The standard InChI is InChI=1S/C28H32F6N2O2/c29-27(30,31)23-14-22(15-24(16-23)28(32,33)34)19-36(18-21-6-12-38-13-7-21)25(37)26(8-10-35-11-9-26)17-20-4-2-1-3-5-20/h1-5,14-16,21,35H,6-13,17-19H2. The van der Waals surface area contributed by atoms with Crippen LogP contribution < -0.4 is 5.32 Å². The van der Waals surface area contributed by atoms with Crippen molar-refractivity contribution in [3.8, 4) is 0 Å². The van der Waals surface area contributed by atoms with E-state index in [2.05, 4.69) is 5.32 Å². The lowest BCUT2D eigenvalue weighted by atomic mass is 9.72. The summed E-state index contributed by atoms with van der Waals surface area (Å²) in [6, 6.07) is 11.1. The third-order valence-corrected chi connectivity index (χ3v) is 7.53. The van der Waals surface area contributed by atoms with Gasteiger partial charge in [0.2, 0.25) is 5.91 Å². The molecule has 0 atom stereocenters. The topological polar surface area (TPSA) is 41.6 Å². The summed E-state index contributed by atoms with van der Waals surface area (Å²) in [4.78, 5) is 15.8. The summed E-state index contributed by atoms with van der Waals surface area (Å²) in [5.74, 6) is -0.170. The molecule has 2 aromatic carbocycles. The summed E-state index contributed by atoms with van der Waals surface area (Å²) >= 11 is 0. The molecule has 0 radical (unpaired) electrons. The molecule has 2 aliphatic heterocycles. The maximum absolute atomic E-state index is 14.3. The van der Waals surface area contributed by atoms with Crippen LogP contribution in [0.15, 0.2) is 48.5 Å². The first-order chi connectivity index (χ1) is 18.0. The zero-order valence-electron chi connectivity index (χ0n) is 21.0. The molecule has 2 heterocycles. The van der Waals surface area contributed by atoms with Crippen LogP contribution in [0.2, 0.25) is 0 Å². The number of hydrogen-bond donors (Lipinski definition) is 1. The Balaban J connectivity index is 1.71. The normalized spacial score (nSPS) is 18.8. The molecule has 2 aliphatic rings. The first-order valence-electron chi connectivity index (χ1n) is 12.9. The first kappa shape index (κ1) is 28.4. The second-order valence-corrected chi connectivity index (χ2v) is 10.3. The maximum Gasteiger partial charge on any atom is 0.416 e. The number of piperidine rings is 1. The summed E-state index contributed by atoms with van der Waals surface area (Å²) in [5, 5.41) is 3.26. The molecule has 4 nitrogen and oxygen atoms in total. The number of rotatable bonds is 7. The van der Waals surface area contributed by atoms with Gasteiger partial charge < -0.3 is 15.0 Å². The number of carbonyl (C=O) groups is 1. The predicted molar refractivity (Wildman–Crippen MR) is 130 cm³/mol. The zero-order valence-corrected chi connectivity index (χ0v) is 21.0. The molecule has 0 aromatic heterocycles. The van der Waals surface area contributed by atoms with Gasteiger partial charge in [0.15, 0.2) is 0 Å². The lowest BCUT2D eigenvalue weighted by Gasteiger charge is -2.42. The molecule has 0 unspecified atom stereocenters. The van der Waals surface area contributed by atoms with E-state index in [-0.39, 0.29) is 36.5 Å². The van der Waals surface area contributed by atoms with Crippen molar-refractivity contribution in [2.45, 2.75) is 51.0 Å². The number of benzene rings is 2. The molecule has 0 aliphatic carbocycles. The Morgan fingerprint density at radius 1 is 0.895 bits per heavy atom. The lowest BCUT2D eigenvalue weighted by Crippen LogP contribution is -2.51. The fourth-order valence-electron chi connectivity index (χ4n) is 5.48.